The van der Waals surface area contributed by atoms with Crippen LogP contribution >= 0.6 is 0 Å². The number of aromatic nitrogens is 1. The molecule has 29 heavy (non-hydrogen) atoms. The van der Waals surface area contributed by atoms with Crippen molar-refractivity contribution in [2.75, 3.05) is 11.4 Å². The Hall–Kier alpha value is -3.13. The first-order chi connectivity index (χ1) is 14.3. The standard InChI is InChI=1S/C27H29N2/c1-3-28-24(20-18-22-12-8-10-16-26(22)28)14-6-5-7-15-25-21-19-23-13-9-11-17-27(23)29(25)4-2/h5-14,16-21,25H,3-4,15H2,1-2H3/q+1/b7-5+,14-6+. The van der Waals surface area contributed by atoms with Gasteiger partial charge >= 0.3 is 0 Å². The van der Waals surface area contributed by atoms with Crippen LogP contribution in [0.3, 0.4) is 0 Å². The van der Waals surface area contributed by atoms with E-state index >= 15 is 0 Å². The van der Waals surface area contributed by atoms with Gasteiger partial charge in [-0.25, -0.2) is 0 Å². The Balaban J connectivity index is 1.46. The summed E-state index contributed by atoms with van der Waals surface area (Å²) >= 11 is 0. The van der Waals surface area contributed by atoms with Gasteiger partial charge in [0.05, 0.1) is 6.04 Å². The minimum Gasteiger partial charge on any atom is -0.365 e. The highest BCUT2D eigenvalue weighted by Gasteiger charge is 2.19. The molecule has 1 aliphatic rings. The number of benzene rings is 2. The molecular weight excluding hydrogens is 352 g/mol. The van der Waals surface area contributed by atoms with Crippen molar-refractivity contribution in [1.82, 2.24) is 0 Å². The largest absolute Gasteiger partial charge is 0.365 e. The van der Waals surface area contributed by atoms with Crippen molar-refractivity contribution in [2.45, 2.75) is 32.9 Å². The van der Waals surface area contributed by atoms with Crippen LogP contribution in [0.15, 0.2) is 85.0 Å². The molecule has 0 radical (unpaired) electrons. The normalized spacial score (nSPS) is 16.2. The predicted molar refractivity (Wildman–Crippen MR) is 125 cm³/mol. The molecule has 2 nitrogen and oxygen atoms in total. The molecule has 0 saturated carbocycles. The van der Waals surface area contributed by atoms with Crippen molar-refractivity contribution < 1.29 is 4.57 Å². The summed E-state index contributed by atoms with van der Waals surface area (Å²) in [7, 11) is 0. The number of anilines is 1. The second-order valence-electron chi connectivity index (χ2n) is 7.36. The first kappa shape index (κ1) is 19.2. The van der Waals surface area contributed by atoms with Crippen LogP contribution in [0.1, 0.15) is 31.5 Å². The Morgan fingerprint density at radius 3 is 2.62 bits per heavy atom. The highest BCUT2D eigenvalue weighted by molar-refractivity contribution is 5.76. The lowest BCUT2D eigenvalue weighted by molar-refractivity contribution is -0.669. The van der Waals surface area contributed by atoms with Crippen molar-refractivity contribution >= 4 is 28.7 Å². The van der Waals surface area contributed by atoms with Gasteiger partial charge in [-0.05, 0) is 44.0 Å². The summed E-state index contributed by atoms with van der Waals surface area (Å²) in [6, 6.07) is 22.0. The lowest BCUT2D eigenvalue weighted by Crippen LogP contribution is -2.36. The van der Waals surface area contributed by atoms with Crippen LogP contribution in [-0.2, 0) is 6.54 Å². The molecule has 3 aromatic rings. The summed E-state index contributed by atoms with van der Waals surface area (Å²) in [5.74, 6) is 0. The Bertz CT molecular complexity index is 1070. The third kappa shape index (κ3) is 4.02. The minimum absolute atomic E-state index is 0.417. The SMILES string of the molecule is CCN1c2ccccc2C=CC1C/C=C/C=C/c1ccc2ccccc2[n+]1CC. The summed E-state index contributed by atoms with van der Waals surface area (Å²) in [5.41, 5.74) is 5.17. The number of nitrogens with zero attached hydrogens (tertiary/aromatic N) is 2. The smallest absolute Gasteiger partial charge is 0.212 e. The lowest BCUT2D eigenvalue weighted by Gasteiger charge is -2.34. The molecule has 0 spiro atoms. The second-order valence-corrected chi connectivity index (χ2v) is 7.36. The molecule has 4 rings (SSSR count). The average Bonchev–Trinajstić information content (AvgIpc) is 2.78. The molecule has 0 N–H and O–H groups in total. The first-order valence-corrected chi connectivity index (χ1v) is 10.6. The monoisotopic (exact) mass is 381 g/mol. The van der Waals surface area contributed by atoms with Crippen LogP contribution in [0.5, 0.6) is 0 Å². The highest BCUT2D eigenvalue weighted by Crippen LogP contribution is 2.29. The maximum atomic E-state index is 2.48. The molecule has 0 fully saturated rings. The van der Waals surface area contributed by atoms with Gasteiger partial charge in [0.25, 0.3) is 0 Å². The number of likely N-dealkylation sites (N-methyl/N-ethyl adjacent to an activating group) is 1. The molecule has 0 saturated heterocycles. The molecular formula is C27H29N2+. The average molecular weight is 382 g/mol. The summed E-state index contributed by atoms with van der Waals surface area (Å²) in [6.45, 7) is 6.41. The van der Waals surface area contributed by atoms with E-state index in [4.69, 9.17) is 0 Å². The zero-order valence-corrected chi connectivity index (χ0v) is 17.3. The van der Waals surface area contributed by atoms with Crippen molar-refractivity contribution in [1.29, 1.82) is 0 Å². The highest BCUT2D eigenvalue weighted by atomic mass is 15.2. The fourth-order valence-corrected chi connectivity index (χ4v) is 4.23. The van der Waals surface area contributed by atoms with E-state index in [1.165, 1.54) is 27.8 Å². The van der Waals surface area contributed by atoms with Gasteiger partial charge in [0.15, 0.2) is 0 Å². The maximum Gasteiger partial charge on any atom is 0.212 e. The van der Waals surface area contributed by atoms with Crippen LogP contribution in [0.4, 0.5) is 5.69 Å². The van der Waals surface area contributed by atoms with E-state index in [0.717, 1.165) is 19.5 Å². The quantitative estimate of drug-likeness (QED) is 0.373. The summed E-state index contributed by atoms with van der Waals surface area (Å²) in [4.78, 5) is 2.48. The second kappa shape index (κ2) is 8.91. The van der Waals surface area contributed by atoms with Crippen LogP contribution in [-0.4, -0.2) is 12.6 Å². The van der Waals surface area contributed by atoms with Gasteiger partial charge in [-0.15, -0.1) is 0 Å². The van der Waals surface area contributed by atoms with Gasteiger partial charge in [0, 0.05) is 35.8 Å². The van der Waals surface area contributed by atoms with Crippen molar-refractivity contribution in [3.05, 3.63) is 96.2 Å². The van der Waals surface area contributed by atoms with Crippen LogP contribution in [0.25, 0.3) is 23.1 Å². The summed E-state index contributed by atoms with van der Waals surface area (Å²) < 4.78 is 2.36. The molecule has 0 bridgehead atoms. The van der Waals surface area contributed by atoms with Crippen LogP contribution in [0, 0.1) is 0 Å². The zero-order valence-electron chi connectivity index (χ0n) is 17.3. The van der Waals surface area contributed by atoms with Gasteiger partial charge in [0.1, 0.15) is 6.54 Å². The molecule has 1 aromatic heterocycles. The number of rotatable bonds is 6. The van der Waals surface area contributed by atoms with E-state index in [-0.39, 0.29) is 0 Å². The van der Waals surface area contributed by atoms with Gasteiger partial charge in [-0.3, -0.25) is 0 Å². The fraction of sp³-hybridized carbons (Fsp3) is 0.222. The van der Waals surface area contributed by atoms with E-state index in [1.54, 1.807) is 0 Å². The first-order valence-electron chi connectivity index (χ1n) is 10.6. The van der Waals surface area contributed by atoms with E-state index in [2.05, 4.69) is 120 Å². The van der Waals surface area contributed by atoms with Gasteiger partial charge in [-0.1, -0.05) is 60.7 Å². The summed E-state index contributed by atoms with van der Waals surface area (Å²) in [5, 5.41) is 1.28. The lowest BCUT2D eigenvalue weighted by atomic mass is 10.0. The summed E-state index contributed by atoms with van der Waals surface area (Å²) in [6.07, 6.45) is 14.4. The number of hydrogen-bond donors (Lipinski definition) is 0. The Kier molecular flexibility index (Phi) is 5.90. The van der Waals surface area contributed by atoms with E-state index in [0.29, 0.717) is 6.04 Å². The molecule has 1 aliphatic heterocycles. The fourth-order valence-electron chi connectivity index (χ4n) is 4.23. The molecule has 2 heterocycles. The van der Waals surface area contributed by atoms with Crippen molar-refractivity contribution in [2.24, 2.45) is 0 Å². The molecule has 0 amide bonds. The molecule has 1 unspecified atom stereocenters. The Labute approximate surface area is 174 Å². The zero-order chi connectivity index (χ0) is 20.1. The Morgan fingerprint density at radius 1 is 0.931 bits per heavy atom. The number of para-hydroxylation sites is 2. The van der Waals surface area contributed by atoms with Crippen LogP contribution in [0.2, 0.25) is 0 Å². The molecule has 2 heteroatoms. The van der Waals surface area contributed by atoms with E-state index in [9.17, 15) is 0 Å². The third-order valence-corrected chi connectivity index (χ3v) is 5.67. The van der Waals surface area contributed by atoms with Crippen molar-refractivity contribution in [3.63, 3.8) is 0 Å². The predicted octanol–water partition coefficient (Wildman–Crippen LogP) is 6.03. The maximum absolute atomic E-state index is 2.48. The third-order valence-electron chi connectivity index (χ3n) is 5.67. The number of fused-ring (bicyclic) bond motifs is 2. The van der Waals surface area contributed by atoms with Gasteiger partial charge in [0.2, 0.25) is 11.2 Å². The molecule has 1 atom stereocenters. The van der Waals surface area contributed by atoms with Crippen molar-refractivity contribution in [3.8, 4) is 0 Å². The van der Waals surface area contributed by atoms with Crippen LogP contribution < -0.4 is 9.47 Å². The number of pyridine rings is 1. The molecule has 146 valence electrons. The van der Waals surface area contributed by atoms with E-state index in [1.807, 2.05) is 0 Å². The minimum atomic E-state index is 0.417. The number of aryl methyl sites for hydroxylation is 1. The number of allylic oxidation sites excluding steroid dienone is 2. The topological polar surface area (TPSA) is 7.12 Å². The Morgan fingerprint density at radius 2 is 1.76 bits per heavy atom. The molecule has 2 aromatic carbocycles. The number of hydrogen-bond acceptors (Lipinski definition) is 1. The molecule has 0 aliphatic carbocycles. The van der Waals surface area contributed by atoms with E-state index < -0.39 is 0 Å². The van der Waals surface area contributed by atoms with Gasteiger partial charge in [-0.2, -0.15) is 4.57 Å². The van der Waals surface area contributed by atoms with Gasteiger partial charge < -0.3 is 4.90 Å².